The minimum Gasteiger partial charge on any atom is -0.311 e. The summed E-state index contributed by atoms with van der Waals surface area (Å²) in [4.78, 5) is 4.59. The molecule has 2 aromatic heterocycles. The van der Waals surface area contributed by atoms with Gasteiger partial charge in [0.25, 0.3) is 0 Å². The van der Waals surface area contributed by atoms with E-state index in [-0.39, 0.29) is 0 Å². The zero-order valence-electron chi connectivity index (χ0n) is 11.0. The number of aryl methyl sites for hydroxylation is 1. The quantitative estimate of drug-likeness (QED) is 0.894. The highest BCUT2D eigenvalue weighted by Crippen LogP contribution is 2.23. The van der Waals surface area contributed by atoms with Gasteiger partial charge in [-0.3, -0.25) is 0 Å². The predicted molar refractivity (Wildman–Crippen MR) is 73.6 cm³/mol. The summed E-state index contributed by atoms with van der Waals surface area (Å²) in [7, 11) is 0. The van der Waals surface area contributed by atoms with E-state index in [1.165, 1.54) is 31.4 Å². The molecule has 0 atom stereocenters. The third kappa shape index (κ3) is 2.27. The molecule has 2 aromatic rings. The summed E-state index contributed by atoms with van der Waals surface area (Å²) in [6, 6.07) is 6.17. The normalized spacial score (nSPS) is 16.7. The van der Waals surface area contributed by atoms with Gasteiger partial charge in [-0.05, 0) is 44.4 Å². The van der Waals surface area contributed by atoms with E-state index in [1.54, 1.807) is 0 Å². The smallest absolute Gasteiger partial charge is 0.137 e. The maximum Gasteiger partial charge on any atom is 0.137 e. The Morgan fingerprint density at radius 2 is 2.17 bits per heavy atom. The van der Waals surface area contributed by atoms with Crippen molar-refractivity contribution in [3.8, 4) is 0 Å². The molecule has 0 unspecified atom stereocenters. The lowest BCUT2D eigenvalue weighted by Gasteiger charge is -2.10. The minimum atomic E-state index is 0.893. The molecule has 1 N–H and O–H groups in total. The van der Waals surface area contributed by atoms with Gasteiger partial charge in [-0.15, -0.1) is 0 Å². The SMILES string of the molecule is Cc1nc2ccccn2c1CNCC1CCCC1. The Hall–Kier alpha value is -1.35. The number of hydrogen-bond donors (Lipinski definition) is 1. The van der Waals surface area contributed by atoms with E-state index in [9.17, 15) is 0 Å². The standard InChI is InChI=1S/C15H21N3/c1-12-14(11-16-10-13-6-2-3-7-13)18-9-5-4-8-15(18)17-12/h4-5,8-9,13,16H,2-3,6-7,10-11H2,1H3. The lowest BCUT2D eigenvalue weighted by Crippen LogP contribution is -2.21. The van der Waals surface area contributed by atoms with Gasteiger partial charge in [-0.1, -0.05) is 18.9 Å². The first-order valence-electron chi connectivity index (χ1n) is 6.98. The fourth-order valence-corrected chi connectivity index (χ4v) is 2.99. The molecular formula is C15H21N3. The van der Waals surface area contributed by atoms with Crippen molar-refractivity contribution in [3.63, 3.8) is 0 Å². The van der Waals surface area contributed by atoms with Gasteiger partial charge in [0.1, 0.15) is 5.65 Å². The lowest BCUT2D eigenvalue weighted by molar-refractivity contribution is 0.486. The maximum absolute atomic E-state index is 4.59. The van der Waals surface area contributed by atoms with Gasteiger partial charge in [0.05, 0.1) is 11.4 Å². The molecule has 0 amide bonds. The van der Waals surface area contributed by atoms with Crippen LogP contribution >= 0.6 is 0 Å². The molecule has 1 aliphatic carbocycles. The molecule has 0 bridgehead atoms. The van der Waals surface area contributed by atoms with Crippen LogP contribution in [0.1, 0.15) is 37.1 Å². The van der Waals surface area contributed by atoms with Crippen LogP contribution in [-0.2, 0) is 6.54 Å². The van der Waals surface area contributed by atoms with Crippen LogP contribution in [0.2, 0.25) is 0 Å². The largest absolute Gasteiger partial charge is 0.311 e. The first kappa shape index (κ1) is 11.7. The molecule has 0 radical (unpaired) electrons. The van der Waals surface area contributed by atoms with E-state index in [4.69, 9.17) is 0 Å². The first-order valence-corrected chi connectivity index (χ1v) is 6.98. The van der Waals surface area contributed by atoms with Gasteiger partial charge in [0, 0.05) is 12.7 Å². The van der Waals surface area contributed by atoms with Crippen LogP contribution in [-0.4, -0.2) is 15.9 Å². The topological polar surface area (TPSA) is 29.3 Å². The van der Waals surface area contributed by atoms with Crippen molar-refractivity contribution in [2.24, 2.45) is 5.92 Å². The zero-order valence-corrected chi connectivity index (χ0v) is 11.0. The highest BCUT2D eigenvalue weighted by Gasteiger charge is 2.15. The van der Waals surface area contributed by atoms with E-state index < -0.39 is 0 Å². The molecule has 3 rings (SSSR count). The van der Waals surface area contributed by atoms with Crippen molar-refractivity contribution < 1.29 is 0 Å². The van der Waals surface area contributed by atoms with Crippen molar-refractivity contribution >= 4 is 5.65 Å². The molecule has 18 heavy (non-hydrogen) atoms. The van der Waals surface area contributed by atoms with Crippen LogP contribution in [0.25, 0.3) is 5.65 Å². The third-order valence-electron chi connectivity index (χ3n) is 4.03. The summed E-state index contributed by atoms with van der Waals surface area (Å²) < 4.78 is 2.19. The Morgan fingerprint density at radius 3 is 3.00 bits per heavy atom. The van der Waals surface area contributed by atoms with Crippen molar-refractivity contribution in [1.29, 1.82) is 0 Å². The summed E-state index contributed by atoms with van der Waals surface area (Å²) in [5.74, 6) is 0.893. The van der Waals surface area contributed by atoms with Crippen molar-refractivity contribution in [2.45, 2.75) is 39.2 Å². The van der Waals surface area contributed by atoms with Gasteiger partial charge < -0.3 is 9.72 Å². The molecule has 0 saturated heterocycles. The number of fused-ring (bicyclic) bond motifs is 1. The molecule has 96 valence electrons. The third-order valence-corrected chi connectivity index (χ3v) is 4.03. The van der Waals surface area contributed by atoms with Crippen LogP contribution in [0.15, 0.2) is 24.4 Å². The Labute approximate surface area is 108 Å². The van der Waals surface area contributed by atoms with Crippen LogP contribution in [0, 0.1) is 12.8 Å². The summed E-state index contributed by atoms with van der Waals surface area (Å²) in [6.45, 7) is 4.17. The molecule has 0 aliphatic heterocycles. The second kappa shape index (κ2) is 5.11. The van der Waals surface area contributed by atoms with Crippen molar-refractivity contribution in [3.05, 3.63) is 35.8 Å². The van der Waals surface area contributed by atoms with Gasteiger partial charge >= 0.3 is 0 Å². The number of pyridine rings is 1. The number of nitrogens with one attached hydrogen (secondary N) is 1. The van der Waals surface area contributed by atoms with Gasteiger partial charge in [0.2, 0.25) is 0 Å². The molecule has 1 saturated carbocycles. The average molecular weight is 243 g/mol. The first-order chi connectivity index (χ1) is 8.84. The highest BCUT2D eigenvalue weighted by atomic mass is 15.0. The number of hydrogen-bond acceptors (Lipinski definition) is 2. The highest BCUT2D eigenvalue weighted by molar-refractivity contribution is 5.42. The Bertz CT molecular complexity index is 524. The van der Waals surface area contributed by atoms with E-state index in [1.807, 2.05) is 6.07 Å². The van der Waals surface area contributed by atoms with Gasteiger partial charge in [-0.2, -0.15) is 0 Å². The molecule has 0 aromatic carbocycles. The molecular weight excluding hydrogens is 222 g/mol. The van der Waals surface area contributed by atoms with E-state index in [0.29, 0.717) is 0 Å². The Morgan fingerprint density at radius 1 is 1.33 bits per heavy atom. The Balaban J connectivity index is 1.68. The maximum atomic E-state index is 4.59. The van der Waals surface area contributed by atoms with Crippen LogP contribution < -0.4 is 5.32 Å². The van der Waals surface area contributed by atoms with Gasteiger partial charge in [-0.25, -0.2) is 4.98 Å². The van der Waals surface area contributed by atoms with E-state index >= 15 is 0 Å². The number of imidazole rings is 1. The molecule has 1 aliphatic rings. The number of nitrogens with zero attached hydrogens (tertiary/aromatic N) is 2. The second-order valence-corrected chi connectivity index (χ2v) is 5.35. The molecule has 1 fully saturated rings. The summed E-state index contributed by atoms with van der Waals surface area (Å²) >= 11 is 0. The number of aromatic nitrogens is 2. The van der Waals surface area contributed by atoms with Gasteiger partial charge in [0.15, 0.2) is 0 Å². The molecule has 2 heterocycles. The average Bonchev–Trinajstić information content (AvgIpc) is 2.98. The summed E-state index contributed by atoms with van der Waals surface area (Å²) in [5, 5.41) is 3.60. The van der Waals surface area contributed by atoms with Crippen LogP contribution in [0.4, 0.5) is 0 Å². The van der Waals surface area contributed by atoms with Crippen LogP contribution in [0.3, 0.4) is 0 Å². The van der Waals surface area contributed by atoms with Crippen molar-refractivity contribution in [2.75, 3.05) is 6.54 Å². The fraction of sp³-hybridized carbons (Fsp3) is 0.533. The fourth-order valence-electron chi connectivity index (χ4n) is 2.99. The van der Waals surface area contributed by atoms with E-state index in [2.05, 4.69) is 40.0 Å². The minimum absolute atomic E-state index is 0.893. The second-order valence-electron chi connectivity index (χ2n) is 5.35. The predicted octanol–water partition coefficient (Wildman–Crippen LogP) is 2.92. The Kier molecular flexibility index (Phi) is 3.33. The van der Waals surface area contributed by atoms with Crippen LogP contribution in [0.5, 0.6) is 0 Å². The monoisotopic (exact) mass is 243 g/mol. The number of rotatable bonds is 4. The van der Waals surface area contributed by atoms with Crippen molar-refractivity contribution in [1.82, 2.24) is 14.7 Å². The lowest BCUT2D eigenvalue weighted by atomic mass is 10.1. The molecule has 3 nitrogen and oxygen atoms in total. The summed E-state index contributed by atoms with van der Waals surface area (Å²) in [5.41, 5.74) is 3.48. The summed E-state index contributed by atoms with van der Waals surface area (Å²) in [6.07, 6.45) is 7.74. The molecule has 3 heteroatoms. The zero-order chi connectivity index (χ0) is 12.4. The van der Waals surface area contributed by atoms with E-state index in [0.717, 1.165) is 30.3 Å². The molecule has 0 spiro atoms.